The largest absolute Gasteiger partial charge is 0.497 e. The molecule has 0 aromatic heterocycles. The molecule has 0 saturated carbocycles. The SMILES string of the molecule is COc1ccc(-c2ccc3c(c2)CCC(C)(C)C3OC(N)=O)cc1. The number of aryl methyl sites for hydroxylation is 1. The van der Waals surface area contributed by atoms with Crippen LogP contribution in [0.4, 0.5) is 4.79 Å². The second-order valence-corrected chi connectivity index (χ2v) is 6.95. The van der Waals surface area contributed by atoms with E-state index in [0.717, 1.165) is 35.3 Å². The molecular formula is C20H23NO3. The molecule has 2 aromatic rings. The van der Waals surface area contributed by atoms with Gasteiger partial charge in [0, 0.05) is 5.41 Å². The van der Waals surface area contributed by atoms with Crippen LogP contribution in [0.1, 0.15) is 37.5 Å². The van der Waals surface area contributed by atoms with Gasteiger partial charge in [0.05, 0.1) is 7.11 Å². The van der Waals surface area contributed by atoms with Crippen molar-refractivity contribution in [2.75, 3.05) is 7.11 Å². The van der Waals surface area contributed by atoms with Crippen LogP contribution in [0.3, 0.4) is 0 Å². The lowest BCUT2D eigenvalue weighted by Gasteiger charge is -2.39. The number of primary amides is 1. The number of rotatable bonds is 3. The molecule has 0 heterocycles. The van der Waals surface area contributed by atoms with Gasteiger partial charge >= 0.3 is 6.09 Å². The van der Waals surface area contributed by atoms with Crippen molar-refractivity contribution in [1.29, 1.82) is 0 Å². The molecule has 1 atom stereocenters. The molecule has 2 aromatic carbocycles. The van der Waals surface area contributed by atoms with E-state index < -0.39 is 6.09 Å². The third-order valence-electron chi connectivity index (χ3n) is 4.83. The first kappa shape index (κ1) is 16.4. The van der Waals surface area contributed by atoms with Gasteiger partial charge in [-0.1, -0.05) is 44.2 Å². The lowest BCUT2D eigenvalue weighted by atomic mass is 9.71. The van der Waals surface area contributed by atoms with E-state index in [1.54, 1.807) is 7.11 Å². The Bertz CT molecular complexity index is 750. The van der Waals surface area contributed by atoms with E-state index in [0.29, 0.717) is 0 Å². The predicted molar refractivity (Wildman–Crippen MR) is 93.9 cm³/mol. The van der Waals surface area contributed by atoms with Gasteiger partial charge in [-0.2, -0.15) is 0 Å². The Morgan fingerprint density at radius 1 is 1.12 bits per heavy atom. The summed E-state index contributed by atoms with van der Waals surface area (Å²) in [6.45, 7) is 4.22. The number of nitrogens with two attached hydrogens (primary N) is 1. The first-order valence-electron chi connectivity index (χ1n) is 8.14. The molecule has 0 aliphatic heterocycles. The Morgan fingerprint density at radius 3 is 2.42 bits per heavy atom. The van der Waals surface area contributed by atoms with Gasteiger partial charge < -0.3 is 15.2 Å². The minimum Gasteiger partial charge on any atom is -0.497 e. The van der Waals surface area contributed by atoms with E-state index in [2.05, 4.69) is 32.0 Å². The summed E-state index contributed by atoms with van der Waals surface area (Å²) in [4.78, 5) is 11.3. The van der Waals surface area contributed by atoms with Crippen LogP contribution in [-0.2, 0) is 11.2 Å². The molecule has 3 rings (SSSR count). The highest BCUT2D eigenvalue weighted by atomic mass is 16.6. The molecule has 0 spiro atoms. The quantitative estimate of drug-likeness (QED) is 0.905. The van der Waals surface area contributed by atoms with Gasteiger partial charge in [-0.05, 0) is 47.2 Å². The summed E-state index contributed by atoms with van der Waals surface area (Å²) in [6, 6.07) is 14.3. The highest BCUT2D eigenvalue weighted by Gasteiger charge is 2.38. The molecule has 1 amide bonds. The molecule has 1 unspecified atom stereocenters. The molecule has 1 aliphatic carbocycles. The second kappa shape index (κ2) is 6.19. The molecule has 0 saturated heterocycles. The molecular weight excluding hydrogens is 302 g/mol. The summed E-state index contributed by atoms with van der Waals surface area (Å²) in [5.74, 6) is 0.841. The topological polar surface area (TPSA) is 61.6 Å². The summed E-state index contributed by atoms with van der Waals surface area (Å²) < 4.78 is 10.6. The number of amides is 1. The lowest BCUT2D eigenvalue weighted by Crippen LogP contribution is -2.33. The summed E-state index contributed by atoms with van der Waals surface area (Å²) in [5, 5.41) is 0. The molecule has 1 aliphatic rings. The van der Waals surface area contributed by atoms with Crippen LogP contribution in [-0.4, -0.2) is 13.2 Å². The number of hydrogen-bond donors (Lipinski definition) is 1. The van der Waals surface area contributed by atoms with Gasteiger partial charge in [0.15, 0.2) is 0 Å². The number of fused-ring (bicyclic) bond motifs is 1. The number of carbonyl (C=O) groups excluding carboxylic acids is 1. The van der Waals surface area contributed by atoms with Gasteiger partial charge in [0.2, 0.25) is 0 Å². The van der Waals surface area contributed by atoms with Gasteiger partial charge in [-0.3, -0.25) is 0 Å². The fraction of sp³-hybridized carbons (Fsp3) is 0.350. The van der Waals surface area contributed by atoms with E-state index in [9.17, 15) is 4.79 Å². The van der Waals surface area contributed by atoms with E-state index in [1.165, 1.54) is 5.56 Å². The minimum absolute atomic E-state index is 0.121. The van der Waals surface area contributed by atoms with Crippen molar-refractivity contribution >= 4 is 6.09 Å². The van der Waals surface area contributed by atoms with E-state index in [1.807, 2.05) is 24.3 Å². The first-order valence-corrected chi connectivity index (χ1v) is 8.14. The molecule has 126 valence electrons. The van der Waals surface area contributed by atoms with Crippen molar-refractivity contribution in [3.63, 3.8) is 0 Å². The number of methoxy groups -OCH3 is 1. The van der Waals surface area contributed by atoms with Crippen LogP contribution in [0.25, 0.3) is 11.1 Å². The monoisotopic (exact) mass is 325 g/mol. The highest BCUT2D eigenvalue weighted by molar-refractivity contribution is 5.67. The molecule has 4 nitrogen and oxygen atoms in total. The smallest absolute Gasteiger partial charge is 0.405 e. The van der Waals surface area contributed by atoms with Crippen LogP contribution < -0.4 is 10.5 Å². The van der Waals surface area contributed by atoms with Crippen molar-refractivity contribution in [3.05, 3.63) is 53.6 Å². The third-order valence-corrected chi connectivity index (χ3v) is 4.83. The zero-order chi connectivity index (χ0) is 17.3. The standard InChI is InChI=1S/C20H23NO3/c1-20(2)11-10-15-12-14(13-4-7-16(23-3)8-5-13)6-9-17(15)18(20)24-19(21)22/h4-9,12,18H,10-11H2,1-3H3,(H2,21,22). The summed E-state index contributed by atoms with van der Waals surface area (Å²) in [5.41, 5.74) is 9.71. The summed E-state index contributed by atoms with van der Waals surface area (Å²) in [6.07, 6.45) is 0.887. The average molecular weight is 325 g/mol. The molecule has 0 fully saturated rings. The van der Waals surface area contributed by atoms with Crippen LogP contribution in [0.5, 0.6) is 5.75 Å². The fourth-order valence-corrected chi connectivity index (χ4v) is 3.39. The van der Waals surface area contributed by atoms with Crippen molar-refractivity contribution < 1.29 is 14.3 Å². The van der Waals surface area contributed by atoms with Crippen molar-refractivity contribution in [2.45, 2.75) is 32.8 Å². The number of hydrogen-bond acceptors (Lipinski definition) is 3. The van der Waals surface area contributed by atoms with Crippen molar-refractivity contribution in [1.82, 2.24) is 0 Å². The molecule has 24 heavy (non-hydrogen) atoms. The van der Waals surface area contributed by atoms with Crippen molar-refractivity contribution in [3.8, 4) is 16.9 Å². The Balaban J connectivity index is 1.97. The first-order chi connectivity index (χ1) is 11.4. The Morgan fingerprint density at radius 2 is 1.79 bits per heavy atom. The molecule has 4 heteroatoms. The second-order valence-electron chi connectivity index (χ2n) is 6.95. The van der Waals surface area contributed by atoms with Crippen LogP contribution in [0.2, 0.25) is 0 Å². The zero-order valence-electron chi connectivity index (χ0n) is 14.3. The van der Waals surface area contributed by atoms with E-state index >= 15 is 0 Å². The summed E-state index contributed by atoms with van der Waals surface area (Å²) in [7, 11) is 1.66. The number of ether oxygens (including phenoxy) is 2. The fourth-order valence-electron chi connectivity index (χ4n) is 3.39. The van der Waals surface area contributed by atoms with Crippen molar-refractivity contribution in [2.24, 2.45) is 11.1 Å². The van der Waals surface area contributed by atoms with E-state index in [4.69, 9.17) is 15.2 Å². The Kier molecular flexibility index (Phi) is 4.22. The molecule has 0 radical (unpaired) electrons. The van der Waals surface area contributed by atoms with Gasteiger partial charge in [0.25, 0.3) is 0 Å². The zero-order valence-corrected chi connectivity index (χ0v) is 14.3. The Hall–Kier alpha value is -2.49. The highest BCUT2D eigenvalue weighted by Crippen LogP contribution is 2.46. The van der Waals surface area contributed by atoms with Crippen LogP contribution >= 0.6 is 0 Å². The van der Waals surface area contributed by atoms with Gasteiger partial charge in [0.1, 0.15) is 11.9 Å². The maximum absolute atomic E-state index is 11.3. The normalized spacial score (nSPS) is 18.5. The van der Waals surface area contributed by atoms with Gasteiger partial charge in [-0.15, -0.1) is 0 Å². The Labute approximate surface area is 142 Å². The van der Waals surface area contributed by atoms with Crippen LogP contribution in [0.15, 0.2) is 42.5 Å². The number of benzene rings is 2. The maximum Gasteiger partial charge on any atom is 0.405 e. The minimum atomic E-state index is -0.722. The average Bonchev–Trinajstić information content (AvgIpc) is 2.57. The predicted octanol–water partition coefficient (Wildman–Crippen LogP) is 4.47. The third kappa shape index (κ3) is 3.09. The van der Waals surface area contributed by atoms with Gasteiger partial charge in [-0.25, -0.2) is 4.79 Å². The van der Waals surface area contributed by atoms with Crippen LogP contribution in [0, 0.1) is 5.41 Å². The van der Waals surface area contributed by atoms with E-state index in [-0.39, 0.29) is 11.5 Å². The molecule has 0 bridgehead atoms. The maximum atomic E-state index is 11.3. The summed E-state index contributed by atoms with van der Waals surface area (Å²) >= 11 is 0. The number of carbonyl (C=O) groups is 1. The lowest BCUT2D eigenvalue weighted by molar-refractivity contribution is 0.0147. The molecule has 2 N–H and O–H groups in total.